The van der Waals surface area contributed by atoms with Crippen LogP contribution in [0.5, 0.6) is 0 Å². The van der Waals surface area contributed by atoms with Crippen LogP contribution in [0.25, 0.3) is 11.1 Å². The van der Waals surface area contributed by atoms with E-state index in [1.165, 1.54) is 11.9 Å². The molecule has 2 aromatic carbocycles. The summed E-state index contributed by atoms with van der Waals surface area (Å²) < 4.78 is 5.83. The molecule has 0 bridgehead atoms. The molecule has 0 aromatic heterocycles. The molecule has 1 aliphatic heterocycles. The summed E-state index contributed by atoms with van der Waals surface area (Å²) in [6.45, 7) is 10.2. The van der Waals surface area contributed by atoms with Gasteiger partial charge in [0.25, 0.3) is 0 Å². The second kappa shape index (κ2) is 9.04. The molecule has 5 heteroatoms. The minimum atomic E-state index is -0.140. The maximum Gasteiger partial charge on any atom is 0.240 e. The lowest BCUT2D eigenvalue weighted by molar-refractivity contribution is -0.127. The Bertz CT molecular complexity index is 809. The maximum absolute atomic E-state index is 11.9. The first-order chi connectivity index (χ1) is 13.5. The lowest BCUT2D eigenvalue weighted by Gasteiger charge is -2.36. The number of hydrogen-bond acceptors (Lipinski definition) is 4. The lowest BCUT2D eigenvalue weighted by atomic mass is 10.0. The average Bonchev–Trinajstić information content (AvgIpc) is 2.71. The fourth-order valence-corrected chi connectivity index (χ4v) is 3.67. The van der Waals surface area contributed by atoms with Crippen molar-refractivity contribution in [3.05, 3.63) is 66.9 Å². The summed E-state index contributed by atoms with van der Waals surface area (Å²) in [7, 11) is 0. The highest BCUT2D eigenvalue weighted by molar-refractivity contribution is 5.79. The fraction of sp³-hybridized carbons (Fsp3) is 0.348. The zero-order chi connectivity index (χ0) is 20.1. The van der Waals surface area contributed by atoms with E-state index in [-0.39, 0.29) is 24.7 Å². The number of carbonyl (C=O) groups excluding carboxylic acids is 1. The summed E-state index contributed by atoms with van der Waals surface area (Å²) in [5.41, 5.74) is 9.99. The van der Waals surface area contributed by atoms with Gasteiger partial charge in [-0.25, -0.2) is 0 Å². The molecule has 2 N–H and O–H groups in total. The number of benzene rings is 2. The Balaban J connectivity index is 1.75. The van der Waals surface area contributed by atoms with Crippen molar-refractivity contribution in [1.82, 2.24) is 4.90 Å². The van der Waals surface area contributed by atoms with Crippen LogP contribution in [0.4, 0.5) is 5.69 Å². The first-order valence-corrected chi connectivity index (χ1v) is 9.72. The fourth-order valence-electron chi connectivity index (χ4n) is 3.67. The Labute approximate surface area is 167 Å². The number of nitrogens with zero attached hydrogens (tertiary/aromatic N) is 2. The predicted molar refractivity (Wildman–Crippen MR) is 114 cm³/mol. The number of morpholine rings is 1. The normalized spacial score (nSPS) is 19.3. The second-order valence-corrected chi connectivity index (χ2v) is 7.32. The van der Waals surface area contributed by atoms with Crippen LogP contribution >= 0.6 is 0 Å². The van der Waals surface area contributed by atoms with Crippen molar-refractivity contribution >= 4 is 11.6 Å². The highest BCUT2D eigenvalue weighted by Crippen LogP contribution is 2.26. The first-order valence-electron chi connectivity index (χ1n) is 9.72. The Hall–Kier alpha value is -2.63. The molecule has 2 atom stereocenters. The zero-order valence-corrected chi connectivity index (χ0v) is 16.7. The third-order valence-corrected chi connectivity index (χ3v) is 4.98. The van der Waals surface area contributed by atoms with E-state index < -0.39 is 0 Å². The topological polar surface area (TPSA) is 58.8 Å². The molecule has 1 heterocycles. The second-order valence-electron chi connectivity index (χ2n) is 7.32. The number of anilines is 1. The van der Waals surface area contributed by atoms with Crippen LogP contribution in [0.1, 0.15) is 19.4 Å². The van der Waals surface area contributed by atoms with Crippen LogP contribution in [-0.2, 0) is 16.1 Å². The number of carbonyl (C=O) groups is 1. The Kier molecular flexibility index (Phi) is 6.49. The average molecular weight is 380 g/mol. The van der Waals surface area contributed by atoms with Crippen molar-refractivity contribution in [3.63, 3.8) is 0 Å². The lowest BCUT2D eigenvalue weighted by Crippen LogP contribution is -2.45. The van der Waals surface area contributed by atoms with Crippen LogP contribution in [0.2, 0.25) is 0 Å². The third kappa shape index (κ3) is 4.80. The maximum atomic E-state index is 11.9. The molecule has 0 aliphatic carbocycles. The molecular weight excluding hydrogens is 350 g/mol. The third-order valence-electron chi connectivity index (χ3n) is 4.98. The van der Waals surface area contributed by atoms with Crippen molar-refractivity contribution in [2.75, 3.05) is 24.5 Å². The molecule has 1 aliphatic rings. The Morgan fingerprint density at radius 1 is 1.18 bits per heavy atom. The summed E-state index contributed by atoms with van der Waals surface area (Å²) in [5.74, 6) is -0.140. The summed E-state index contributed by atoms with van der Waals surface area (Å²) >= 11 is 0. The van der Waals surface area contributed by atoms with Gasteiger partial charge in [-0.1, -0.05) is 36.9 Å². The summed E-state index contributed by atoms with van der Waals surface area (Å²) in [6.07, 6.45) is 2.01. The van der Waals surface area contributed by atoms with Gasteiger partial charge in [-0.05, 0) is 54.9 Å². The van der Waals surface area contributed by atoms with Crippen molar-refractivity contribution in [3.8, 4) is 11.1 Å². The largest absolute Gasteiger partial charge is 0.372 e. The molecule has 0 unspecified atom stereocenters. The molecule has 0 radical (unpaired) electrons. The van der Waals surface area contributed by atoms with Crippen LogP contribution in [-0.4, -0.2) is 42.6 Å². The summed E-state index contributed by atoms with van der Waals surface area (Å²) in [5, 5.41) is 0. The molecule has 148 valence electrons. The van der Waals surface area contributed by atoms with Gasteiger partial charge >= 0.3 is 0 Å². The van der Waals surface area contributed by atoms with Crippen molar-refractivity contribution < 1.29 is 9.53 Å². The van der Waals surface area contributed by atoms with E-state index in [1.54, 1.807) is 4.90 Å². The monoisotopic (exact) mass is 379 g/mol. The number of nitrogens with two attached hydrogens (primary N) is 1. The van der Waals surface area contributed by atoms with E-state index in [1.807, 2.05) is 12.1 Å². The van der Waals surface area contributed by atoms with E-state index >= 15 is 0 Å². The Morgan fingerprint density at radius 2 is 1.86 bits per heavy atom. The molecule has 1 saturated heterocycles. The van der Waals surface area contributed by atoms with E-state index in [4.69, 9.17) is 10.5 Å². The summed E-state index contributed by atoms with van der Waals surface area (Å²) in [4.78, 5) is 15.8. The van der Waals surface area contributed by atoms with Crippen LogP contribution < -0.4 is 10.6 Å². The van der Waals surface area contributed by atoms with Gasteiger partial charge in [-0.2, -0.15) is 0 Å². The van der Waals surface area contributed by atoms with Gasteiger partial charge in [-0.15, -0.1) is 0 Å². The van der Waals surface area contributed by atoms with Crippen LogP contribution in [0.3, 0.4) is 0 Å². The standard InChI is InChI=1S/C23H29N3O2/c1-4-25(23(27)13-24)16-19-6-5-7-21(12-19)20-8-10-22(11-9-20)26-14-17(2)28-18(3)15-26/h4-12,17-18H,1,13-16,24H2,2-3H3/t17-,18+. The van der Waals surface area contributed by atoms with E-state index in [0.717, 1.165) is 29.8 Å². The van der Waals surface area contributed by atoms with Gasteiger partial charge in [0.15, 0.2) is 0 Å². The quantitative estimate of drug-likeness (QED) is 0.836. The number of ether oxygens (including phenoxy) is 1. The minimum Gasteiger partial charge on any atom is -0.372 e. The molecule has 1 amide bonds. The molecule has 1 fully saturated rings. The SMILES string of the molecule is C=CN(Cc1cccc(-c2ccc(N3C[C@@H](C)O[C@@H](C)C3)cc2)c1)C(=O)CN. The summed E-state index contributed by atoms with van der Waals surface area (Å²) in [6, 6.07) is 16.8. The number of amides is 1. The molecule has 3 rings (SSSR count). The number of rotatable bonds is 6. The van der Waals surface area contributed by atoms with Gasteiger partial charge in [0.05, 0.1) is 25.3 Å². The highest BCUT2D eigenvalue weighted by Gasteiger charge is 2.22. The Morgan fingerprint density at radius 3 is 2.46 bits per heavy atom. The van der Waals surface area contributed by atoms with Crippen molar-refractivity contribution in [2.45, 2.75) is 32.6 Å². The molecule has 2 aromatic rings. The van der Waals surface area contributed by atoms with Crippen molar-refractivity contribution in [1.29, 1.82) is 0 Å². The van der Waals surface area contributed by atoms with E-state index in [0.29, 0.717) is 6.54 Å². The zero-order valence-electron chi connectivity index (χ0n) is 16.7. The van der Waals surface area contributed by atoms with Gasteiger partial charge in [0.2, 0.25) is 5.91 Å². The molecule has 0 spiro atoms. The molecule has 28 heavy (non-hydrogen) atoms. The molecular formula is C23H29N3O2. The highest BCUT2D eigenvalue weighted by atomic mass is 16.5. The van der Waals surface area contributed by atoms with Crippen LogP contribution in [0, 0.1) is 0 Å². The minimum absolute atomic E-state index is 0.0219. The van der Waals surface area contributed by atoms with E-state index in [2.05, 4.69) is 61.7 Å². The molecule has 0 saturated carbocycles. The van der Waals surface area contributed by atoms with E-state index in [9.17, 15) is 4.79 Å². The predicted octanol–water partition coefficient (Wildman–Crippen LogP) is 3.40. The smallest absolute Gasteiger partial charge is 0.240 e. The first kappa shape index (κ1) is 20.1. The van der Waals surface area contributed by atoms with Gasteiger partial charge in [0, 0.05) is 18.8 Å². The van der Waals surface area contributed by atoms with Crippen molar-refractivity contribution in [2.24, 2.45) is 5.73 Å². The number of hydrogen-bond donors (Lipinski definition) is 1. The van der Waals surface area contributed by atoms with Crippen LogP contribution in [0.15, 0.2) is 61.3 Å². The van der Waals surface area contributed by atoms with Gasteiger partial charge < -0.3 is 20.3 Å². The molecule has 5 nitrogen and oxygen atoms in total. The van der Waals surface area contributed by atoms with Gasteiger partial charge in [-0.3, -0.25) is 4.79 Å². The van der Waals surface area contributed by atoms with Gasteiger partial charge in [0.1, 0.15) is 0 Å².